The number of aryl methyl sites for hydroxylation is 1. The van der Waals surface area contributed by atoms with E-state index in [4.69, 9.17) is 14.5 Å². The zero-order chi connectivity index (χ0) is 26.4. The fourth-order valence-electron chi connectivity index (χ4n) is 3.81. The molecule has 37 heavy (non-hydrogen) atoms. The number of amidine groups is 1. The lowest BCUT2D eigenvalue weighted by molar-refractivity contribution is -0.123. The Morgan fingerprint density at radius 1 is 1.03 bits per heavy atom. The van der Waals surface area contributed by atoms with Gasteiger partial charge in [0.05, 0.1) is 17.2 Å². The van der Waals surface area contributed by atoms with E-state index in [1.54, 1.807) is 11.0 Å². The third-order valence-electron chi connectivity index (χ3n) is 5.98. The number of nitrogens with zero attached hydrogens (tertiary/aromatic N) is 2. The van der Waals surface area contributed by atoms with Gasteiger partial charge in [0.1, 0.15) is 12.4 Å². The smallest absolute Gasteiger partial charge is 0.266 e. The maximum Gasteiger partial charge on any atom is 0.266 e. The molecule has 4 rings (SSSR count). The molecule has 1 saturated heterocycles. The summed E-state index contributed by atoms with van der Waals surface area (Å²) in [5.74, 6) is 0.760. The van der Waals surface area contributed by atoms with Crippen LogP contribution in [0.1, 0.15) is 43.9 Å². The van der Waals surface area contributed by atoms with Gasteiger partial charge in [0.25, 0.3) is 5.91 Å². The largest absolute Gasteiger partial charge is 0.490 e. The van der Waals surface area contributed by atoms with E-state index in [0.29, 0.717) is 28.2 Å². The lowest BCUT2D eigenvalue weighted by Gasteiger charge is -2.22. The molecule has 1 heterocycles. The average Bonchev–Trinajstić information content (AvgIpc) is 3.19. The number of halogens is 1. The monoisotopic (exact) mass is 518 g/mol. The van der Waals surface area contributed by atoms with Crippen LogP contribution in [-0.4, -0.2) is 28.6 Å². The third-order valence-corrected chi connectivity index (χ3v) is 6.96. The number of aliphatic imine (C=N–C) groups is 1. The molecule has 3 aromatic rings. The van der Waals surface area contributed by atoms with Crippen molar-refractivity contribution in [3.63, 3.8) is 0 Å². The van der Waals surface area contributed by atoms with E-state index in [1.165, 1.54) is 23.9 Å². The minimum atomic E-state index is -0.302. The summed E-state index contributed by atoms with van der Waals surface area (Å²) in [7, 11) is 0. The summed E-state index contributed by atoms with van der Waals surface area (Å²) in [6, 6.07) is 19.8. The van der Waals surface area contributed by atoms with Crippen molar-refractivity contribution in [3.05, 3.63) is 94.1 Å². The van der Waals surface area contributed by atoms with Gasteiger partial charge in [0.2, 0.25) is 0 Å². The molecule has 1 aliphatic heterocycles. The number of hydrogen-bond donors (Lipinski definition) is 0. The van der Waals surface area contributed by atoms with Gasteiger partial charge >= 0.3 is 0 Å². The molecule has 0 unspecified atom stereocenters. The maximum atomic E-state index is 13.5. The van der Waals surface area contributed by atoms with Crippen molar-refractivity contribution in [2.24, 2.45) is 4.99 Å². The van der Waals surface area contributed by atoms with E-state index in [2.05, 4.69) is 6.92 Å². The molecule has 0 radical (unpaired) electrons. The highest BCUT2D eigenvalue weighted by molar-refractivity contribution is 8.18. The molecule has 192 valence electrons. The summed E-state index contributed by atoms with van der Waals surface area (Å²) in [6.45, 7) is 8.70. The minimum absolute atomic E-state index is 0.0210. The first-order valence-electron chi connectivity index (χ1n) is 12.4. The van der Waals surface area contributed by atoms with Gasteiger partial charge in [-0.05, 0) is 92.6 Å². The van der Waals surface area contributed by atoms with Gasteiger partial charge in [-0.1, -0.05) is 42.8 Å². The van der Waals surface area contributed by atoms with Crippen LogP contribution in [0.2, 0.25) is 0 Å². The van der Waals surface area contributed by atoms with E-state index >= 15 is 0 Å². The van der Waals surface area contributed by atoms with E-state index in [9.17, 15) is 9.18 Å². The third kappa shape index (κ3) is 6.60. The quantitative estimate of drug-likeness (QED) is 0.275. The molecule has 1 aliphatic rings. The number of hydrogen-bond acceptors (Lipinski definition) is 5. The van der Waals surface area contributed by atoms with Crippen LogP contribution < -0.4 is 9.47 Å². The number of amides is 1. The van der Waals surface area contributed by atoms with Gasteiger partial charge in [-0.25, -0.2) is 9.38 Å². The van der Waals surface area contributed by atoms with E-state index in [0.717, 1.165) is 28.8 Å². The van der Waals surface area contributed by atoms with Crippen LogP contribution in [0.15, 0.2) is 76.6 Å². The molecule has 3 aromatic carbocycles. The first-order chi connectivity index (χ1) is 17.9. The fourth-order valence-corrected chi connectivity index (χ4v) is 4.90. The molecule has 7 heteroatoms. The topological polar surface area (TPSA) is 51.1 Å². The van der Waals surface area contributed by atoms with Gasteiger partial charge in [0, 0.05) is 6.04 Å². The molecule has 1 amide bonds. The van der Waals surface area contributed by atoms with E-state index in [-0.39, 0.29) is 24.4 Å². The maximum absolute atomic E-state index is 13.5. The predicted molar refractivity (Wildman–Crippen MR) is 149 cm³/mol. The van der Waals surface area contributed by atoms with Crippen molar-refractivity contribution in [1.82, 2.24) is 4.90 Å². The SMILES string of the molecule is CCOc1cc(/C=C2/SC(=Nc3ccc(C)cc3)N([C@H](C)CC)C2=O)ccc1OCc1cccc(F)c1. The first kappa shape index (κ1) is 26.5. The van der Waals surface area contributed by atoms with Crippen LogP contribution in [0.5, 0.6) is 11.5 Å². The standard InChI is InChI=1S/C30H31FN2O3S/c1-5-21(4)33-29(34)28(37-30(33)32-25-13-10-20(3)11-14-25)18-22-12-15-26(27(17-22)35-6-2)36-19-23-8-7-9-24(31)16-23/h7-18,21H,5-6,19H2,1-4H3/b28-18+,32-30?/t21-/m1/s1. The summed E-state index contributed by atoms with van der Waals surface area (Å²) >= 11 is 1.38. The van der Waals surface area contributed by atoms with Crippen LogP contribution in [-0.2, 0) is 11.4 Å². The number of carbonyl (C=O) groups is 1. The van der Waals surface area contributed by atoms with Crippen LogP contribution in [0.25, 0.3) is 6.08 Å². The Balaban J connectivity index is 1.60. The van der Waals surface area contributed by atoms with Gasteiger partial charge in [0.15, 0.2) is 16.7 Å². The van der Waals surface area contributed by atoms with Gasteiger partial charge in [-0.2, -0.15) is 0 Å². The normalized spacial score (nSPS) is 16.5. The highest BCUT2D eigenvalue weighted by Gasteiger charge is 2.36. The molecular formula is C30H31FN2O3S. The highest BCUT2D eigenvalue weighted by Crippen LogP contribution is 2.37. The Morgan fingerprint density at radius 3 is 2.51 bits per heavy atom. The van der Waals surface area contributed by atoms with Crippen LogP contribution >= 0.6 is 11.8 Å². The molecule has 0 N–H and O–H groups in total. The number of carbonyl (C=O) groups excluding carboxylic acids is 1. The lowest BCUT2D eigenvalue weighted by atomic mass is 10.1. The van der Waals surface area contributed by atoms with Crippen LogP contribution in [0.3, 0.4) is 0 Å². The minimum Gasteiger partial charge on any atom is -0.490 e. The lowest BCUT2D eigenvalue weighted by Crippen LogP contribution is -2.36. The second-order valence-corrected chi connectivity index (χ2v) is 9.84. The Hall–Kier alpha value is -3.58. The molecule has 5 nitrogen and oxygen atoms in total. The summed E-state index contributed by atoms with van der Waals surface area (Å²) < 4.78 is 25.2. The van der Waals surface area contributed by atoms with Crippen LogP contribution in [0, 0.1) is 12.7 Å². The Kier molecular flexibility index (Phi) is 8.66. The number of rotatable bonds is 9. The molecule has 0 bridgehead atoms. The molecule has 0 aliphatic carbocycles. The summed E-state index contributed by atoms with van der Waals surface area (Å²) in [5.41, 5.74) is 3.52. The van der Waals surface area contributed by atoms with Crippen molar-refractivity contribution < 1.29 is 18.7 Å². The Bertz CT molecular complexity index is 1320. The molecule has 1 atom stereocenters. The van der Waals surface area contributed by atoms with Crippen molar-refractivity contribution in [3.8, 4) is 11.5 Å². The van der Waals surface area contributed by atoms with Crippen molar-refractivity contribution >= 4 is 34.6 Å². The first-order valence-corrected chi connectivity index (χ1v) is 13.2. The summed E-state index contributed by atoms with van der Waals surface area (Å²) in [6.07, 6.45) is 2.68. The van der Waals surface area contributed by atoms with Gasteiger partial charge < -0.3 is 9.47 Å². The molecule has 0 spiro atoms. The average molecular weight is 519 g/mol. The Labute approximate surface area is 222 Å². The van der Waals surface area contributed by atoms with E-state index < -0.39 is 0 Å². The summed E-state index contributed by atoms with van der Waals surface area (Å²) in [4.78, 5) is 20.6. The zero-order valence-electron chi connectivity index (χ0n) is 21.5. The van der Waals surface area contributed by atoms with Gasteiger partial charge in [-0.3, -0.25) is 9.69 Å². The number of ether oxygens (including phenoxy) is 2. The molecule has 0 saturated carbocycles. The highest BCUT2D eigenvalue weighted by atomic mass is 32.2. The van der Waals surface area contributed by atoms with E-state index in [1.807, 2.05) is 75.4 Å². The molecule has 1 fully saturated rings. The Morgan fingerprint density at radius 2 is 1.81 bits per heavy atom. The van der Waals surface area contributed by atoms with Crippen molar-refractivity contribution in [1.29, 1.82) is 0 Å². The number of benzene rings is 3. The van der Waals surface area contributed by atoms with Crippen molar-refractivity contribution in [2.45, 2.75) is 46.8 Å². The summed E-state index contributed by atoms with van der Waals surface area (Å²) in [5, 5.41) is 0.675. The fraction of sp³-hybridized carbons (Fsp3) is 0.267. The predicted octanol–water partition coefficient (Wildman–Crippen LogP) is 7.51. The molecule has 0 aromatic heterocycles. The van der Waals surface area contributed by atoms with Crippen LogP contribution in [0.4, 0.5) is 10.1 Å². The second-order valence-electron chi connectivity index (χ2n) is 8.83. The second kappa shape index (κ2) is 12.1. The zero-order valence-corrected chi connectivity index (χ0v) is 22.3. The van der Waals surface area contributed by atoms with Crippen molar-refractivity contribution in [2.75, 3.05) is 6.61 Å². The molecular weight excluding hydrogens is 487 g/mol. The van der Waals surface area contributed by atoms with Gasteiger partial charge in [-0.15, -0.1) is 0 Å². The number of thioether (sulfide) groups is 1.